The number of fused-ring (bicyclic) bond motifs is 1. The number of halogens is 1. The van der Waals surface area contributed by atoms with Crippen LogP contribution in [0.25, 0.3) is 11.0 Å². The maximum absolute atomic E-state index is 6.07. The molecule has 2 heterocycles. The van der Waals surface area contributed by atoms with Crippen molar-refractivity contribution in [1.82, 2.24) is 14.5 Å². The average molecular weight is 398 g/mol. The van der Waals surface area contributed by atoms with E-state index in [1.54, 1.807) is 0 Å². The summed E-state index contributed by atoms with van der Waals surface area (Å²) in [5, 5.41) is 0.684. The number of piperidine rings is 1. The molecule has 1 aromatic heterocycles. The van der Waals surface area contributed by atoms with E-state index in [4.69, 9.17) is 21.3 Å². The normalized spacial score (nSPS) is 17.9. The Bertz CT molecular complexity index is 923. The molecule has 1 fully saturated rings. The van der Waals surface area contributed by atoms with Gasteiger partial charge in [-0.1, -0.05) is 29.8 Å². The van der Waals surface area contributed by atoms with Crippen LogP contribution in [0.1, 0.15) is 31.5 Å². The molecule has 1 aliphatic rings. The second-order valence-electron chi connectivity index (χ2n) is 7.83. The quantitative estimate of drug-likeness (QED) is 0.535. The lowest BCUT2D eigenvalue weighted by molar-refractivity contribution is 0.198. The first-order valence-electron chi connectivity index (χ1n) is 10.2. The van der Waals surface area contributed by atoms with Gasteiger partial charge in [0.05, 0.1) is 11.0 Å². The van der Waals surface area contributed by atoms with Gasteiger partial charge in [-0.05, 0) is 75.5 Å². The summed E-state index contributed by atoms with van der Waals surface area (Å²) >= 11 is 6.07. The summed E-state index contributed by atoms with van der Waals surface area (Å²) < 4.78 is 8.30. The smallest absolute Gasteiger partial charge is 0.147 e. The van der Waals surface area contributed by atoms with Crippen molar-refractivity contribution in [3.8, 4) is 5.75 Å². The third kappa shape index (κ3) is 4.68. The Morgan fingerprint density at radius 1 is 1.18 bits per heavy atom. The van der Waals surface area contributed by atoms with Crippen molar-refractivity contribution in [3.63, 3.8) is 0 Å². The molecule has 5 heteroatoms. The van der Waals surface area contributed by atoms with Crippen LogP contribution in [0.3, 0.4) is 0 Å². The van der Waals surface area contributed by atoms with Crippen molar-refractivity contribution < 1.29 is 4.74 Å². The van der Waals surface area contributed by atoms with Gasteiger partial charge >= 0.3 is 0 Å². The zero-order valence-corrected chi connectivity index (χ0v) is 17.2. The molecule has 1 atom stereocenters. The molecule has 4 rings (SSSR count). The Hall–Kier alpha value is -2.04. The molecule has 0 saturated carbocycles. The van der Waals surface area contributed by atoms with Crippen molar-refractivity contribution >= 4 is 22.6 Å². The maximum atomic E-state index is 6.07. The molecular weight excluding hydrogens is 370 g/mol. The summed E-state index contributed by atoms with van der Waals surface area (Å²) in [7, 11) is 2.24. The number of benzene rings is 2. The Labute approximate surface area is 172 Å². The van der Waals surface area contributed by atoms with Crippen molar-refractivity contribution in [2.24, 2.45) is 5.92 Å². The minimum absolute atomic E-state index is 0.446. The second kappa shape index (κ2) is 8.97. The fraction of sp³-hybridized carbons (Fsp3) is 0.435. The Balaban J connectivity index is 1.45. The first-order chi connectivity index (χ1) is 13.7. The number of imidazole rings is 1. The van der Waals surface area contributed by atoms with Gasteiger partial charge in [-0.2, -0.15) is 0 Å². The number of aryl methyl sites for hydroxylation is 1. The topological polar surface area (TPSA) is 30.3 Å². The molecule has 0 spiro atoms. The van der Waals surface area contributed by atoms with Gasteiger partial charge in [-0.15, -0.1) is 0 Å². The number of hydrogen-bond acceptors (Lipinski definition) is 3. The number of hydrogen-bond donors (Lipinski definition) is 0. The summed E-state index contributed by atoms with van der Waals surface area (Å²) in [5.74, 6) is 2.57. The highest BCUT2D eigenvalue weighted by Crippen LogP contribution is 2.23. The van der Waals surface area contributed by atoms with E-state index >= 15 is 0 Å². The zero-order valence-electron chi connectivity index (χ0n) is 16.5. The summed E-state index contributed by atoms with van der Waals surface area (Å²) in [4.78, 5) is 7.29. The van der Waals surface area contributed by atoms with Gasteiger partial charge in [0, 0.05) is 18.1 Å². The minimum Gasteiger partial charge on any atom is -0.486 e. The van der Waals surface area contributed by atoms with Crippen LogP contribution in [0.4, 0.5) is 0 Å². The molecule has 1 unspecified atom stereocenters. The predicted molar refractivity (Wildman–Crippen MR) is 115 cm³/mol. The van der Waals surface area contributed by atoms with Gasteiger partial charge in [-0.25, -0.2) is 4.98 Å². The van der Waals surface area contributed by atoms with Gasteiger partial charge in [0.25, 0.3) is 0 Å². The number of nitrogens with zero attached hydrogens (tertiary/aromatic N) is 3. The van der Waals surface area contributed by atoms with Crippen LogP contribution < -0.4 is 4.74 Å². The van der Waals surface area contributed by atoms with E-state index in [0.29, 0.717) is 11.6 Å². The van der Waals surface area contributed by atoms with Crippen LogP contribution in [0.15, 0.2) is 48.5 Å². The highest BCUT2D eigenvalue weighted by molar-refractivity contribution is 6.30. The Morgan fingerprint density at radius 2 is 2.07 bits per heavy atom. The Kier molecular flexibility index (Phi) is 6.18. The van der Waals surface area contributed by atoms with Gasteiger partial charge < -0.3 is 14.2 Å². The highest BCUT2D eigenvalue weighted by atomic mass is 35.5. The first-order valence-corrected chi connectivity index (χ1v) is 10.6. The first kappa shape index (κ1) is 19.3. The molecule has 148 valence electrons. The van der Waals surface area contributed by atoms with Gasteiger partial charge in [-0.3, -0.25) is 0 Å². The lowest BCUT2D eigenvalue weighted by Crippen LogP contribution is -2.32. The average Bonchev–Trinajstić information content (AvgIpc) is 3.04. The second-order valence-corrected chi connectivity index (χ2v) is 8.26. The molecule has 28 heavy (non-hydrogen) atoms. The summed E-state index contributed by atoms with van der Waals surface area (Å²) in [6.45, 7) is 3.90. The molecule has 4 nitrogen and oxygen atoms in total. The predicted octanol–water partition coefficient (Wildman–Crippen LogP) is 5.39. The lowest BCUT2D eigenvalue weighted by Gasteiger charge is -2.29. The van der Waals surface area contributed by atoms with Crippen molar-refractivity contribution in [2.45, 2.75) is 38.8 Å². The van der Waals surface area contributed by atoms with E-state index < -0.39 is 0 Å². The molecule has 0 N–H and O–H groups in total. The molecule has 1 saturated heterocycles. The number of aromatic nitrogens is 2. The van der Waals surface area contributed by atoms with E-state index in [1.807, 2.05) is 30.3 Å². The van der Waals surface area contributed by atoms with Crippen LogP contribution in [0.5, 0.6) is 5.75 Å². The van der Waals surface area contributed by atoms with E-state index in [9.17, 15) is 0 Å². The molecule has 0 amide bonds. The minimum atomic E-state index is 0.446. The van der Waals surface area contributed by atoms with Gasteiger partial charge in [0.1, 0.15) is 18.2 Å². The van der Waals surface area contributed by atoms with Crippen LogP contribution in [-0.4, -0.2) is 34.6 Å². The van der Waals surface area contributed by atoms with Crippen molar-refractivity contribution in [2.75, 3.05) is 20.1 Å². The fourth-order valence-corrected chi connectivity index (χ4v) is 4.42. The van der Waals surface area contributed by atoms with Crippen LogP contribution in [0, 0.1) is 5.92 Å². The van der Waals surface area contributed by atoms with Gasteiger partial charge in [0.15, 0.2) is 0 Å². The summed E-state index contributed by atoms with van der Waals surface area (Å²) in [6.07, 6.45) is 5.13. The zero-order chi connectivity index (χ0) is 19.3. The SMILES string of the molecule is CN1CCCC(CCCn2c(COc3cccc(Cl)c3)nc3ccccc32)C1. The molecule has 0 aliphatic carbocycles. The maximum Gasteiger partial charge on any atom is 0.147 e. The highest BCUT2D eigenvalue weighted by Gasteiger charge is 2.17. The Morgan fingerprint density at radius 3 is 2.93 bits per heavy atom. The molecular formula is C23H28ClN3O. The van der Waals surface area contributed by atoms with Gasteiger partial charge in [0.2, 0.25) is 0 Å². The molecule has 0 bridgehead atoms. The molecule has 0 radical (unpaired) electrons. The van der Waals surface area contributed by atoms with Crippen LogP contribution in [0.2, 0.25) is 5.02 Å². The molecule has 2 aromatic carbocycles. The monoisotopic (exact) mass is 397 g/mol. The molecule has 1 aliphatic heterocycles. The summed E-state index contributed by atoms with van der Waals surface area (Å²) in [6, 6.07) is 15.9. The van der Waals surface area contributed by atoms with E-state index in [2.05, 4.69) is 34.7 Å². The van der Waals surface area contributed by atoms with E-state index in [-0.39, 0.29) is 0 Å². The van der Waals surface area contributed by atoms with E-state index in [1.165, 1.54) is 44.3 Å². The molecule has 3 aromatic rings. The van der Waals surface area contributed by atoms with Crippen LogP contribution in [-0.2, 0) is 13.2 Å². The largest absolute Gasteiger partial charge is 0.486 e. The lowest BCUT2D eigenvalue weighted by atomic mass is 9.94. The third-order valence-corrected chi connectivity index (χ3v) is 5.85. The number of ether oxygens (including phenoxy) is 1. The summed E-state index contributed by atoms with van der Waals surface area (Å²) in [5.41, 5.74) is 2.22. The number of rotatable bonds is 7. The standard InChI is InChI=1S/C23H28ClN3O/c1-26-13-5-7-18(16-26)8-6-14-27-22-12-3-2-11-21(22)25-23(27)17-28-20-10-4-9-19(24)15-20/h2-4,9-12,15,18H,5-8,13-14,16-17H2,1H3. The number of para-hydroxylation sites is 2. The number of likely N-dealkylation sites (tertiary alicyclic amines) is 1. The fourth-order valence-electron chi connectivity index (χ4n) is 4.24. The van der Waals surface area contributed by atoms with E-state index in [0.717, 1.165) is 29.6 Å². The van der Waals surface area contributed by atoms with Crippen molar-refractivity contribution in [3.05, 3.63) is 59.4 Å². The van der Waals surface area contributed by atoms with Crippen LogP contribution >= 0.6 is 11.6 Å². The third-order valence-electron chi connectivity index (χ3n) is 5.61. The van der Waals surface area contributed by atoms with Crippen molar-refractivity contribution in [1.29, 1.82) is 0 Å².